The molecule has 0 atom stereocenters. The van der Waals surface area contributed by atoms with Crippen molar-refractivity contribution in [3.8, 4) is 11.5 Å². The van der Waals surface area contributed by atoms with Crippen LogP contribution in [0.5, 0.6) is 11.5 Å². The minimum Gasteiger partial charge on any atom is -0.457 e. The molecule has 0 aliphatic carbocycles. The third-order valence-corrected chi connectivity index (χ3v) is 16.5. The van der Waals surface area contributed by atoms with Gasteiger partial charge in [-0.15, -0.1) is 0 Å². The second-order valence-electron chi connectivity index (χ2n) is 14.6. The highest BCUT2D eigenvalue weighted by Crippen LogP contribution is 2.43. The number of hydrogen-bond donors (Lipinski definition) is 0. The van der Waals surface area contributed by atoms with Gasteiger partial charge in [0.2, 0.25) is 0 Å². The second kappa shape index (κ2) is 12.3. The average Bonchev–Trinajstić information content (AvgIpc) is 3.93. The van der Waals surface area contributed by atoms with Gasteiger partial charge in [-0.25, -0.2) is 9.97 Å². The molecular weight excluding hydrogens is 717 g/mol. The Morgan fingerprint density at radius 3 is 2.04 bits per heavy atom. The van der Waals surface area contributed by atoms with E-state index in [9.17, 15) is 0 Å². The van der Waals surface area contributed by atoms with E-state index >= 15 is 0 Å². The SMILES string of the molecule is c1ccc([Si]2(c3ccccc3)c3ccc(Oc4ccc5c6ccccc6n6ccnc6c5c4)cc3N(c3ccccn3)c3ccc4oc5ccccc5c4c32)cc1. The molecule has 0 fully saturated rings. The summed E-state index contributed by atoms with van der Waals surface area (Å²) in [7, 11) is -3.09. The summed E-state index contributed by atoms with van der Waals surface area (Å²) in [5, 5.41) is 10.7. The second-order valence-corrected chi connectivity index (χ2v) is 18.3. The summed E-state index contributed by atoms with van der Waals surface area (Å²) in [6.07, 6.45) is 5.75. The van der Waals surface area contributed by atoms with E-state index in [2.05, 4.69) is 173 Å². The molecule has 0 N–H and O–H groups in total. The zero-order valence-electron chi connectivity index (χ0n) is 30.6. The number of benzene rings is 7. The monoisotopic (exact) mass is 748 g/mol. The molecule has 7 aromatic carbocycles. The lowest BCUT2D eigenvalue weighted by atomic mass is 10.1. The van der Waals surface area contributed by atoms with Gasteiger partial charge < -0.3 is 9.15 Å². The van der Waals surface area contributed by atoms with E-state index in [4.69, 9.17) is 19.1 Å². The molecule has 6 nitrogen and oxygen atoms in total. The summed E-state index contributed by atoms with van der Waals surface area (Å²) in [6, 6.07) is 62.4. The van der Waals surface area contributed by atoms with Crippen molar-refractivity contribution in [2.75, 3.05) is 4.90 Å². The quantitative estimate of drug-likeness (QED) is 0.130. The van der Waals surface area contributed by atoms with Crippen LogP contribution in [0.4, 0.5) is 17.2 Å². The predicted molar refractivity (Wildman–Crippen MR) is 234 cm³/mol. The topological polar surface area (TPSA) is 55.8 Å². The Bertz CT molecular complexity index is 3300. The van der Waals surface area contributed by atoms with Crippen LogP contribution < -0.4 is 30.4 Å². The fourth-order valence-corrected chi connectivity index (χ4v) is 14.6. The lowest BCUT2D eigenvalue weighted by molar-refractivity contribution is 0.484. The Hall–Kier alpha value is -7.48. The van der Waals surface area contributed by atoms with Gasteiger partial charge >= 0.3 is 0 Å². The van der Waals surface area contributed by atoms with Crippen LogP contribution in [0.2, 0.25) is 0 Å². The lowest BCUT2D eigenvalue weighted by Crippen LogP contribution is -2.77. The molecule has 5 heterocycles. The minimum atomic E-state index is -3.09. The number of furan rings is 1. The van der Waals surface area contributed by atoms with Crippen molar-refractivity contribution < 1.29 is 9.15 Å². The Labute approximate surface area is 328 Å². The highest BCUT2D eigenvalue weighted by molar-refractivity contribution is 7.22. The number of ether oxygens (including phenoxy) is 1. The highest BCUT2D eigenvalue weighted by Gasteiger charge is 2.50. The standard InChI is InChI=1S/C50H32N4O2Si/c1-3-13-35(14-4-1)57(36-15-5-2-6-16-36)46-27-23-34(55-33-22-24-37-38-17-7-9-19-41(38)53-30-29-52-50(53)40(37)31-33)32-43(46)54(47-21-11-12-28-51-47)42-25-26-45-48(49(42)57)39-18-8-10-20-44(39)56-45/h1-32H. The maximum Gasteiger partial charge on any atom is 0.185 e. The maximum absolute atomic E-state index is 6.87. The van der Waals surface area contributed by atoms with Crippen molar-refractivity contribution in [1.29, 1.82) is 0 Å². The zero-order valence-corrected chi connectivity index (χ0v) is 31.6. The fourth-order valence-electron chi connectivity index (χ4n) is 9.34. The fraction of sp³-hybridized carbons (Fsp3) is 0. The number of aromatic nitrogens is 3. The summed E-state index contributed by atoms with van der Waals surface area (Å²) in [4.78, 5) is 12.1. The molecule has 12 rings (SSSR count). The van der Waals surface area contributed by atoms with Gasteiger partial charge in [0, 0.05) is 51.9 Å². The first-order valence-corrected chi connectivity index (χ1v) is 21.1. The molecule has 1 aliphatic rings. The number of anilines is 3. The van der Waals surface area contributed by atoms with Crippen LogP contribution in [0.15, 0.2) is 199 Å². The number of imidazole rings is 1. The van der Waals surface area contributed by atoms with Crippen LogP contribution in [-0.4, -0.2) is 22.4 Å². The number of rotatable bonds is 5. The summed E-state index contributed by atoms with van der Waals surface area (Å²) in [6.45, 7) is 0. The van der Waals surface area contributed by atoms with Crippen molar-refractivity contribution in [2.45, 2.75) is 0 Å². The average molecular weight is 749 g/mol. The molecule has 11 aromatic rings. The van der Waals surface area contributed by atoms with Gasteiger partial charge in [0.05, 0.1) is 11.2 Å². The molecule has 0 unspecified atom stereocenters. The van der Waals surface area contributed by atoms with E-state index in [1.54, 1.807) is 0 Å². The van der Waals surface area contributed by atoms with E-state index in [-0.39, 0.29) is 0 Å². The predicted octanol–water partition coefficient (Wildman–Crippen LogP) is 9.89. The zero-order chi connectivity index (χ0) is 37.5. The first-order chi connectivity index (χ1) is 28.3. The van der Waals surface area contributed by atoms with Crippen molar-refractivity contribution in [2.24, 2.45) is 0 Å². The maximum atomic E-state index is 6.87. The Morgan fingerprint density at radius 1 is 0.509 bits per heavy atom. The largest absolute Gasteiger partial charge is 0.457 e. The number of hydrogen-bond acceptors (Lipinski definition) is 5. The summed E-state index contributed by atoms with van der Waals surface area (Å²) >= 11 is 0. The van der Waals surface area contributed by atoms with Crippen LogP contribution in [0.3, 0.4) is 0 Å². The van der Waals surface area contributed by atoms with E-state index in [1.807, 2.05) is 30.7 Å². The van der Waals surface area contributed by atoms with Crippen molar-refractivity contribution in [3.05, 3.63) is 195 Å². The molecule has 268 valence electrons. The number of fused-ring (bicyclic) bond motifs is 12. The molecule has 57 heavy (non-hydrogen) atoms. The van der Waals surface area contributed by atoms with Gasteiger partial charge in [-0.05, 0) is 86.8 Å². The Morgan fingerprint density at radius 2 is 1.23 bits per heavy atom. The van der Waals surface area contributed by atoms with Crippen LogP contribution in [0.25, 0.3) is 49.3 Å². The van der Waals surface area contributed by atoms with Gasteiger partial charge in [-0.1, -0.05) is 109 Å². The number of nitrogens with zero attached hydrogens (tertiary/aromatic N) is 4. The molecule has 0 radical (unpaired) electrons. The van der Waals surface area contributed by atoms with Crippen LogP contribution in [0.1, 0.15) is 0 Å². The highest BCUT2D eigenvalue weighted by atomic mass is 28.3. The van der Waals surface area contributed by atoms with E-state index in [0.717, 1.165) is 72.6 Å². The van der Waals surface area contributed by atoms with Crippen LogP contribution >= 0.6 is 0 Å². The normalized spacial score (nSPS) is 13.4. The molecule has 4 aromatic heterocycles. The van der Waals surface area contributed by atoms with Crippen LogP contribution in [0, 0.1) is 0 Å². The number of pyridine rings is 2. The molecule has 0 saturated heterocycles. The van der Waals surface area contributed by atoms with Gasteiger partial charge in [0.25, 0.3) is 0 Å². The van der Waals surface area contributed by atoms with Crippen molar-refractivity contribution in [1.82, 2.24) is 14.4 Å². The van der Waals surface area contributed by atoms with Crippen molar-refractivity contribution in [3.63, 3.8) is 0 Å². The lowest BCUT2D eigenvalue weighted by Gasteiger charge is -2.45. The Kier molecular flexibility index (Phi) is 6.85. The van der Waals surface area contributed by atoms with Gasteiger partial charge in [0.15, 0.2) is 8.07 Å². The first-order valence-electron chi connectivity index (χ1n) is 19.1. The third-order valence-electron chi connectivity index (χ3n) is 11.6. The summed E-state index contributed by atoms with van der Waals surface area (Å²) < 4.78 is 15.7. The summed E-state index contributed by atoms with van der Waals surface area (Å²) in [5.41, 5.74) is 5.89. The van der Waals surface area contributed by atoms with Gasteiger partial charge in [-0.3, -0.25) is 9.30 Å². The molecule has 0 spiro atoms. The Balaban J connectivity index is 1.14. The van der Waals surface area contributed by atoms with Crippen LogP contribution in [-0.2, 0) is 0 Å². The molecule has 1 aliphatic heterocycles. The molecule has 0 amide bonds. The van der Waals surface area contributed by atoms with E-state index < -0.39 is 8.07 Å². The van der Waals surface area contributed by atoms with Crippen molar-refractivity contribution >= 4 is 95.3 Å². The van der Waals surface area contributed by atoms with E-state index in [0.29, 0.717) is 0 Å². The molecular formula is C50H32N4O2Si. The smallest absolute Gasteiger partial charge is 0.185 e. The van der Waals surface area contributed by atoms with E-state index in [1.165, 1.54) is 26.1 Å². The molecule has 7 heteroatoms. The number of para-hydroxylation sites is 2. The molecule has 0 saturated carbocycles. The summed E-state index contributed by atoms with van der Waals surface area (Å²) in [5.74, 6) is 2.30. The third kappa shape index (κ3) is 4.57. The van der Waals surface area contributed by atoms with Gasteiger partial charge in [0.1, 0.15) is 34.1 Å². The molecule has 0 bridgehead atoms. The minimum absolute atomic E-state index is 0.733. The van der Waals surface area contributed by atoms with Gasteiger partial charge in [-0.2, -0.15) is 0 Å². The first kappa shape index (κ1) is 31.8.